The number of anilines is 3. The molecule has 1 saturated heterocycles. The minimum Gasteiger partial charge on any atom is -0.382 e. The number of aromatic nitrogens is 4. The average Bonchev–Trinajstić information content (AvgIpc) is 3.90. The molecule has 2 aromatic heterocycles. The molecular weight excluding hydrogens is 883 g/mol. The van der Waals surface area contributed by atoms with Gasteiger partial charge in [-0.05, 0) is 50.6 Å². The van der Waals surface area contributed by atoms with Gasteiger partial charge in [-0.25, -0.2) is 13.8 Å². The van der Waals surface area contributed by atoms with Gasteiger partial charge in [0.2, 0.25) is 23.6 Å². The zero-order chi connectivity index (χ0) is 47.9. The summed E-state index contributed by atoms with van der Waals surface area (Å²) in [6.45, 7) is 6.56. The molecule has 5 N–H and O–H groups in total. The van der Waals surface area contributed by atoms with Crippen LogP contribution in [0.3, 0.4) is 0 Å². The number of halogens is 2. The normalized spacial score (nSPS) is 14.6. The number of piperidine rings is 1. The molecule has 0 bridgehead atoms. The zero-order valence-electron chi connectivity index (χ0n) is 36.7. The van der Waals surface area contributed by atoms with E-state index in [4.69, 9.17) is 18.9 Å². The predicted octanol–water partition coefficient (Wildman–Crippen LogP) is 2.87. The van der Waals surface area contributed by atoms with E-state index in [1.807, 2.05) is 13.8 Å². The fourth-order valence-electron chi connectivity index (χ4n) is 6.91. The Bertz CT molecular complexity index is 2470. The summed E-state index contributed by atoms with van der Waals surface area (Å²) in [5.74, 6) is -6.16. The molecule has 4 aromatic rings. The molecule has 0 aliphatic carbocycles. The number of carbonyl (C=O) groups is 7. The number of amides is 7. The molecule has 4 heterocycles. The van der Waals surface area contributed by atoms with E-state index in [9.17, 15) is 42.3 Å². The number of hydrogen-bond acceptors (Lipinski definition) is 15. The molecule has 356 valence electrons. The van der Waals surface area contributed by atoms with E-state index in [0.717, 1.165) is 11.0 Å². The van der Waals surface area contributed by atoms with Crippen LogP contribution in [0.5, 0.6) is 0 Å². The standard InChI is InChI=1S/C44H50F2N10O11/c1-26(2)55-25-49-54-40(55)32-7-4-8-35(50-32)52-41(60)28-23-33(30(46)24-29(28)45)51-37(58)12-11-36(57)48-14-16-65-18-20-67-22-21-66-19-17-64-15-13-47-31-6-3-5-27-39(31)44(63)56(43(27)62)34-9-10-38(59)53-42(34)61/h3-8,23-26,34,47H,9-22H2,1-2H3,(H,48,57)(H,51,58)(H,50,52,60)(H,53,59,61). The van der Waals surface area contributed by atoms with Gasteiger partial charge in [-0.15, -0.1) is 10.2 Å². The van der Waals surface area contributed by atoms with E-state index in [1.54, 1.807) is 35.2 Å². The number of pyridine rings is 1. The Morgan fingerprint density at radius 1 is 0.791 bits per heavy atom. The molecule has 67 heavy (non-hydrogen) atoms. The summed E-state index contributed by atoms with van der Waals surface area (Å²) >= 11 is 0. The van der Waals surface area contributed by atoms with Crippen molar-refractivity contribution < 1.29 is 61.3 Å². The van der Waals surface area contributed by atoms with Crippen molar-refractivity contribution in [2.24, 2.45) is 0 Å². The Hall–Kier alpha value is -7.08. The van der Waals surface area contributed by atoms with Crippen LogP contribution >= 0.6 is 0 Å². The first kappa shape index (κ1) is 49.4. The molecule has 0 radical (unpaired) electrons. The third-order valence-corrected chi connectivity index (χ3v) is 10.2. The SMILES string of the molecule is CC(C)n1cnnc1-c1cccc(NC(=O)c2cc(NC(=O)CCC(=O)NCCOCCOCCOCCOCCNc3cccc4c3C(=O)N(C3CCC(=O)NC3=O)C4=O)c(F)cc2F)n1. The lowest BCUT2D eigenvalue weighted by Crippen LogP contribution is -2.54. The highest BCUT2D eigenvalue weighted by molar-refractivity contribution is 6.25. The van der Waals surface area contributed by atoms with Gasteiger partial charge >= 0.3 is 0 Å². The molecule has 0 spiro atoms. The first-order chi connectivity index (χ1) is 32.3. The summed E-state index contributed by atoms with van der Waals surface area (Å²) in [4.78, 5) is 93.2. The largest absolute Gasteiger partial charge is 0.382 e. The van der Waals surface area contributed by atoms with Gasteiger partial charge in [0.25, 0.3) is 17.7 Å². The third-order valence-electron chi connectivity index (χ3n) is 10.2. The second-order valence-corrected chi connectivity index (χ2v) is 15.3. The van der Waals surface area contributed by atoms with Gasteiger partial charge in [-0.1, -0.05) is 12.1 Å². The van der Waals surface area contributed by atoms with Crippen molar-refractivity contribution in [2.45, 2.75) is 51.6 Å². The fraction of sp³-hybridized carbons (Fsp3) is 0.409. The minimum atomic E-state index is -1.16. The van der Waals surface area contributed by atoms with Gasteiger partial charge in [0.1, 0.15) is 35.5 Å². The van der Waals surface area contributed by atoms with Gasteiger partial charge in [0, 0.05) is 50.1 Å². The molecule has 2 aliphatic rings. The molecule has 2 aromatic carbocycles. The predicted molar refractivity (Wildman–Crippen MR) is 234 cm³/mol. The van der Waals surface area contributed by atoms with Crippen molar-refractivity contribution in [2.75, 3.05) is 81.9 Å². The highest BCUT2D eigenvalue weighted by atomic mass is 19.1. The molecule has 21 nitrogen and oxygen atoms in total. The van der Waals surface area contributed by atoms with Gasteiger partial charge in [0.05, 0.1) is 75.2 Å². The van der Waals surface area contributed by atoms with E-state index in [1.165, 1.54) is 12.1 Å². The Morgan fingerprint density at radius 2 is 1.46 bits per heavy atom. The number of fused-ring (bicyclic) bond motifs is 1. The van der Waals surface area contributed by atoms with E-state index in [2.05, 4.69) is 41.8 Å². The molecule has 1 unspecified atom stereocenters. The van der Waals surface area contributed by atoms with Crippen molar-refractivity contribution in [3.05, 3.63) is 83.2 Å². The topological polar surface area (TPSA) is 263 Å². The maximum atomic E-state index is 14.7. The summed E-state index contributed by atoms with van der Waals surface area (Å²) in [6, 6.07) is 9.92. The lowest BCUT2D eigenvalue weighted by molar-refractivity contribution is -0.136. The first-order valence-corrected chi connectivity index (χ1v) is 21.5. The number of carbonyl (C=O) groups excluding carboxylic acids is 7. The summed E-state index contributed by atoms with van der Waals surface area (Å²) < 4.78 is 53.1. The third kappa shape index (κ3) is 13.3. The van der Waals surface area contributed by atoms with Crippen molar-refractivity contribution in [3.63, 3.8) is 0 Å². The Labute approximate surface area is 382 Å². The average molecular weight is 933 g/mol. The minimum absolute atomic E-state index is 0.0345. The van der Waals surface area contributed by atoms with Crippen LogP contribution in [0.4, 0.5) is 26.0 Å². The molecule has 0 saturated carbocycles. The zero-order valence-corrected chi connectivity index (χ0v) is 36.7. The van der Waals surface area contributed by atoms with Gasteiger partial charge < -0.3 is 44.8 Å². The summed E-state index contributed by atoms with van der Waals surface area (Å²) in [5.41, 5.74) is 0.199. The second-order valence-electron chi connectivity index (χ2n) is 15.3. The van der Waals surface area contributed by atoms with Crippen LogP contribution in [0.2, 0.25) is 0 Å². The fourth-order valence-corrected chi connectivity index (χ4v) is 6.91. The number of hydrogen-bond donors (Lipinski definition) is 5. The van der Waals surface area contributed by atoms with Crippen LogP contribution in [-0.2, 0) is 38.1 Å². The molecule has 7 amide bonds. The first-order valence-electron chi connectivity index (χ1n) is 21.5. The van der Waals surface area contributed by atoms with Crippen molar-refractivity contribution in [1.82, 2.24) is 35.3 Å². The van der Waals surface area contributed by atoms with Crippen LogP contribution in [0, 0.1) is 11.6 Å². The summed E-state index contributed by atoms with van der Waals surface area (Å²) in [6.07, 6.45) is 1.11. The quantitative estimate of drug-likeness (QED) is 0.0473. The Balaban J connectivity index is 0.771. The highest BCUT2D eigenvalue weighted by Gasteiger charge is 2.45. The maximum Gasteiger partial charge on any atom is 0.264 e. The summed E-state index contributed by atoms with van der Waals surface area (Å²) in [7, 11) is 0. The van der Waals surface area contributed by atoms with E-state index >= 15 is 0 Å². The molecule has 6 rings (SSSR count). The number of imide groups is 2. The number of rotatable bonds is 25. The van der Waals surface area contributed by atoms with E-state index in [-0.39, 0.29) is 81.6 Å². The van der Waals surface area contributed by atoms with Crippen molar-refractivity contribution >= 4 is 58.5 Å². The van der Waals surface area contributed by atoms with Crippen molar-refractivity contribution in [1.29, 1.82) is 0 Å². The monoisotopic (exact) mass is 932 g/mol. The number of nitrogens with one attached hydrogen (secondary N) is 5. The van der Waals surface area contributed by atoms with Crippen LogP contribution in [-0.4, -0.2) is 138 Å². The van der Waals surface area contributed by atoms with Crippen LogP contribution in [0.1, 0.15) is 76.6 Å². The number of benzene rings is 2. The lowest BCUT2D eigenvalue weighted by atomic mass is 10.0. The summed E-state index contributed by atoms with van der Waals surface area (Å²) in [5, 5.41) is 20.6. The highest BCUT2D eigenvalue weighted by Crippen LogP contribution is 2.32. The molecular formula is C44H50F2N10O11. The van der Waals surface area contributed by atoms with E-state index < -0.39 is 70.3 Å². The van der Waals surface area contributed by atoms with E-state index in [0.29, 0.717) is 56.2 Å². The molecule has 1 atom stereocenters. The van der Waals surface area contributed by atoms with Gasteiger partial charge in [0.15, 0.2) is 5.82 Å². The number of nitrogens with zero attached hydrogens (tertiary/aromatic N) is 5. The van der Waals surface area contributed by atoms with Crippen LogP contribution in [0.25, 0.3) is 11.5 Å². The lowest BCUT2D eigenvalue weighted by Gasteiger charge is -2.27. The number of ether oxygens (including phenoxy) is 4. The molecule has 1 fully saturated rings. The van der Waals surface area contributed by atoms with Gasteiger partial charge in [-0.3, -0.25) is 43.8 Å². The Morgan fingerprint density at radius 3 is 2.16 bits per heavy atom. The van der Waals surface area contributed by atoms with Gasteiger partial charge in [-0.2, -0.15) is 0 Å². The molecule has 23 heteroatoms. The maximum absolute atomic E-state index is 14.7. The molecule has 2 aliphatic heterocycles. The second kappa shape index (κ2) is 23.9. The van der Waals surface area contributed by atoms with Crippen LogP contribution in [0.15, 0.2) is 54.9 Å². The Kier molecular flexibility index (Phi) is 17.6. The van der Waals surface area contributed by atoms with Crippen molar-refractivity contribution in [3.8, 4) is 11.5 Å². The van der Waals surface area contributed by atoms with Crippen LogP contribution < -0.4 is 26.6 Å². The smallest absolute Gasteiger partial charge is 0.264 e.